The maximum absolute atomic E-state index is 12.6. The quantitative estimate of drug-likeness (QED) is 0.820. The molecule has 1 aromatic carbocycles. The van der Waals surface area contributed by atoms with Crippen molar-refractivity contribution in [2.24, 2.45) is 0 Å². The van der Waals surface area contributed by atoms with E-state index in [4.69, 9.17) is 21.1 Å². The zero-order valence-electron chi connectivity index (χ0n) is 14.2. The second-order valence-electron chi connectivity index (χ2n) is 5.78. The first kappa shape index (κ1) is 17.3. The minimum absolute atomic E-state index is 0.270. The lowest BCUT2D eigenvalue weighted by Crippen LogP contribution is -2.17. The molecule has 1 aromatic heterocycles. The van der Waals surface area contributed by atoms with Gasteiger partial charge in [0, 0.05) is 23.9 Å². The molecule has 1 fully saturated rings. The first-order valence-electron chi connectivity index (χ1n) is 7.85. The fourth-order valence-corrected chi connectivity index (χ4v) is 2.53. The summed E-state index contributed by atoms with van der Waals surface area (Å²) in [6.07, 6.45) is 2.20. The number of nitrogens with one attached hydrogen (secondary N) is 2. The van der Waals surface area contributed by atoms with Crippen molar-refractivity contribution in [1.29, 1.82) is 0 Å². The van der Waals surface area contributed by atoms with E-state index >= 15 is 0 Å². The van der Waals surface area contributed by atoms with Gasteiger partial charge in [0.1, 0.15) is 17.2 Å². The molecule has 1 heterocycles. The van der Waals surface area contributed by atoms with E-state index in [1.807, 2.05) is 6.92 Å². The van der Waals surface area contributed by atoms with Gasteiger partial charge in [-0.15, -0.1) is 0 Å². The molecule has 0 radical (unpaired) electrons. The summed E-state index contributed by atoms with van der Waals surface area (Å²) in [7, 11) is 3.00. The molecule has 25 heavy (non-hydrogen) atoms. The van der Waals surface area contributed by atoms with Gasteiger partial charge in [0.25, 0.3) is 5.91 Å². The molecule has 0 bridgehead atoms. The molecule has 8 heteroatoms. The number of hydrogen-bond acceptors (Lipinski definition) is 6. The van der Waals surface area contributed by atoms with Crippen molar-refractivity contribution in [1.82, 2.24) is 9.97 Å². The van der Waals surface area contributed by atoms with E-state index in [-0.39, 0.29) is 11.6 Å². The number of methoxy groups -OCH3 is 2. The molecule has 132 valence electrons. The van der Waals surface area contributed by atoms with Gasteiger partial charge < -0.3 is 20.1 Å². The topological polar surface area (TPSA) is 85.4 Å². The van der Waals surface area contributed by atoms with Crippen LogP contribution in [-0.2, 0) is 0 Å². The zero-order chi connectivity index (χ0) is 18.0. The van der Waals surface area contributed by atoms with Crippen molar-refractivity contribution in [2.75, 3.05) is 24.9 Å². The molecule has 2 N–H and O–H groups in total. The predicted molar refractivity (Wildman–Crippen MR) is 95.9 cm³/mol. The van der Waals surface area contributed by atoms with E-state index in [1.54, 1.807) is 18.2 Å². The molecule has 0 saturated heterocycles. The number of benzene rings is 1. The first-order chi connectivity index (χ1) is 12.0. The number of amides is 1. The smallest absolute Gasteiger partial charge is 0.274 e. The Bertz CT molecular complexity index is 809. The van der Waals surface area contributed by atoms with Crippen LogP contribution in [0.5, 0.6) is 11.5 Å². The molecule has 0 spiro atoms. The fraction of sp³-hybridized carbons (Fsp3) is 0.353. The summed E-state index contributed by atoms with van der Waals surface area (Å²) in [5, 5.41) is 6.38. The zero-order valence-corrected chi connectivity index (χ0v) is 15.0. The third-order valence-electron chi connectivity index (χ3n) is 3.72. The highest BCUT2D eigenvalue weighted by Gasteiger charge is 2.23. The molecule has 3 rings (SSSR count). The number of aromatic nitrogens is 2. The first-order valence-corrected chi connectivity index (χ1v) is 8.23. The standard InChI is InChI=1S/C17H19ClN4O3/c1-9-6-13(22-17(19-9)20-10-4-5-10)16(23)21-12-8-14(24-2)11(18)7-15(12)25-3/h6-8,10H,4-5H2,1-3H3,(H,21,23)(H,19,20,22). The Hall–Kier alpha value is -2.54. The Balaban J connectivity index is 1.85. The lowest BCUT2D eigenvalue weighted by Gasteiger charge is -2.13. The molecule has 1 aliphatic carbocycles. The lowest BCUT2D eigenvalue weighted by atomic mass is 10.2. The number of carbonyl (C=O) groups excluding carboxylic acids is 1. The molecule has 1 aliphatic rings. The van der Waals surface area contributed by atoms with Gasteiger partial charge in [-0.25, -0.2) is 9.97 Å². The van der Waals surface area contributed by atoms with Crippen LogP contribution in [0, 0.1) is 6.92 Å². The summed E-state index contributed by atoms with van der Waals surface area (Å²) < 4.78 is 10.5. The van der Waals surface area contributed by atoms with Gasteiger partial charge in [-0.2, -0.15) is 0 Å². The minimum atomic E-state index is -0.368. The van der Waals surface area contributed by atoms with Crippen molar-refractivity contribution in [3.05, 3.63) is 34.6 Å². The summed E-state index contributed by atoms with van der Waals surface area (Å²) in [5.74, 6) is 0.967. The van der Waals surface area contributed by atoms with E-state index in [1.165, 1.54) is 14.2 Å². The second-order valence-corrected chi connectivity index (χ2v) is 6.19. The van der Waals surface area contributed by atoms with Gasteiger partial charge in [-0.1, -0.05) is 11.6 Å². The maximum atomic E-state index is 12.6. The van der Waals surface area contributed by atoms with Crippen LogP contribution < -0.4 is 20.1 Å². The minimum Gasteiger partial charge on any atom is -0.495 e. The van der Waals surface area contributed by atoms with Crippen LogP contribution in [0.2, 0.25) is 5.02 Å². The highest BCUT2D eigenvalue weighted by Crippen LogP contribution is 2.36. The molecule has 1 amide bonds. The molecule has 2 aromatic rings. The van der Waals surface area contributed by atoms with Crippen LogP contribution in [0.1, 0.15) is 29.0 Å². The molecule has 7 nitrogen and oxygen atoms in total. The molecule has 1 saturated carbocycles. The largest absolute Gasteiger partial charge is 0.495 e. The van der Waals surface area contributed by atoms with Crippen molar-refractivity contribution >= 4 is 29.1 Å². The Kier molecular flexibility index (Phi) is 4.94. The summed E-state index contributed by atoms with van der Waals surface area (Å²) >= 11 is 6.08. The van der Waals surface area contributed by atoms with Gasteiger partial charge in [-0.05, 0) is 25.8 Å². The molecule has 0 aliphatic heterocycles. The molecule has 0 atom stereocenters. The second kappa shape index (κ2) is 7.14. The van der Waals surface area contributed by atoms with E-state index in [0.29, 0.717) is 39.9 Å². The van der Waals surface area contributed by atoms with Crippen molar-refractivity contribution in [2.45, 2.75) is 25.8 Å². The summed E-state index contributed by atoms with van der Waals surface area (Å²) in [5.41, 5.74) is 1.43. The number of ether oxygens (including phenoxy) is 2. The SMILES string of the molecule is COc1cc(NC(=O)c2cc(C)nc(NC3CC3)n2)c(OC)cc1Cl. The van der Waals surface area contributed by atoms with E-state index in [0.717, 1.165) is 12.8 Å². The number of aryl methyl sites for hydroxylation is 1. The van der Waals surface area contributed by atoms with Gasteiger partial charge in [0.15, 0.2) is 0 Å². The van der Waals surface area contributed by atoms with Gasteiger partial charge in [0.05, 0.1) is 24.9 Å². The third kappa shape index (κ3) is 4.11. The highest BCUT2D eigenvalue weighted by atomic mass is 35.5. The predicted octanol–water partition coefficient (Wildman–Crippen LogP) is 3.28. The van der Waals surface area contributed by atoms with Crippen molar-refractivity contribution in [3.63, 3.8) is 0 Å². The van der Waals surface area contributed by atoms with E-state index in [2.05, 4.69) is 20.6 Å². The number of halogens is 1. The molecular weight excluding hydrogens is 344 g/mol. The van der Waals surface area contributed by atoms with E-state index < -0.39 is 0 Å². The van der Waals surface area contributed by atoms with Crippen LogP contribution >= 0.6 is 11.6 Å². The Labute approximate surface area is 150 Å². The van der Waals surface area contributed by atoms with Gasteiger partial charge in [0.2, 0.25) is 5.95 Å². The number of carbonyl (C=O) groups is 1. The molecular formula is C17H19ClN4O3. The van der Waals surface area contributed by atoms with Crippen LogP contribution in [0.4, 0.5) is 11.6 Å². The summed E-state index contributed by atoms with van der Waals surface area (Å²) in [6.45, 7) is 1.82. The fourth-order valence-electron chi connectivity index (χ4n) is 2.30. The van der Waals surface area contributed by atoms with Gasteiger partial charge in [-0.3, -0.25) is 4.79 Å². The number of rotatable bonds is 6. The summed E-state index contributed by atoms with van der Waals surface area (Å²) in [6, 6.07) is 5.23. The van der Waals surface area contributed by atoms with Crippen LogP contribution in [0.15, 0.2) is 18.2 Å². The Morgan fingerprint density at radius 2 is 1.88 bits per heavy atom. The van der Waals surface area contributed by atoms with Crippen molar-refractivity contribution < 1.29 is 14.3 Å². The third-order valence-corrected chi connectivity index (χ3v) is 4.01. The van der Waals surface area contributed by atoms with Crippen LogP contribution in [0.25, 0.3) is 0 Å². The van der Waals surface area contributed by atoms with Crippen LogP contribution in [0.3, 0.4) is 0 Å². The lowest BCUT2D eigenvalue weighted by molar-refractivity contribution is 0.102. The number of hydrogen-bond donors (Lipinski definition) is 2. The Morgan fingerprint density at radius 1 is 1.16 bits per heavy atom. The monoisotopic (exact) mass is 362 g/mol. The van der Waals surface area contributed by atoms with Crippen molar-refractivity contribution in [3.8, 4) is 11.5 Å². The normalized spacial score (nSPS) is 13.3. The van der Waals surface area contributed by atoms with Gasteiger partial charge >= 0.3 is 0 Å². The number of nitrogens with zero attached hydrogens (tertiary/aromatic N) is 2. The maximum Gasteiger partial charge on any atom is 0.274 e. The van der Waals surface area contributed by atoms with Crippen LogP contribution in [-0.4, -0.2) is 36.1 Å². The summed E-state index contributed by atoms with van der Waals surface area (Å²) in [4.78, 5) is 21.2. The average molecular weight is 363 g/mol. The average Bonchev–Trinajstić information content (AvgIpc) is 3.39. The molecule has 0 unspecified atom stereocenters. The highest BCUT2D eigenvalue weighted by molar-refractivity contribution is 6.32. The Morgan fingerprint density at radius 3 is 2.52 bits per heavy atom. The van der Waals surface area contributed by atoms with E-state index in [9.17, 15) is 4.79 Å². The number of anilines is 2.